The standard InChI is InChI=1S/C13H17N/c1-10-3-4-11-8-14-9-13(5-2-6-13)12(11)7-10/h3-4,7,14H,2,5-6,8-9H2,1H3. The maximum atomic E-state index is 3.55. The Morgan fingerprint density at radius 3 is 2.86 bits per heavy atom. The molecule has 0 bridgehead atoms. The van der Waals surface area contributed by atoms with Gasteiger partial charge in [-0.05, 0) is 30.9 Å². The Morgan fingerprint density at radius 1 is 1.29 bits per heavy atom. The Morgan fingerprint density at radius 2 is 2.14 bits per heavy atom. The van der Waals surface area contributed by atoms with Crippen molar-refractivity contribution in [1.29, 1.82) is 0 Å². The third-order valence-electron chi connectivity index (χ3n) is 3.93. The number of hydrogen-bond donors (Lipinski definition) is 1. The van der Waals surface area contributed by atoms with Gasteiger partial charge in [0.2, 0.25) is 0 Å². The van der Waals surface area contributed by atoms with Crippen LogP contribution in [0.1, 0.15) is 36.0 Å². The molecular formula is C13H17N. The van der Waals surface area contributed by atoms with Gasteiger partial charge in [0.1, 0.15) is 0 Å². The normalized spacial score (nSPS) is 22.9. The van der Waals surface area contributed by atoms with Crippen LogP contribution < -0.4 is 5.32 Å². The molecule has 1 aromatic rings. The van der Waals surface area contributed by atoms with Crippen LogP contribution in [0.3, 0.4) is 0 Å². The molecule has 0 amide bonds. The zero-order valence-electron chi connectivity index (χ0n) is 8.77. The first kappa shape index (κ1) is 8.49. The van der Waals surface area contributed by atoms with Gasteiger partial charge in [-0.25, -0.2) is 0 Å². The van der Waals surface area contributed by atoms with Crippen molar-refractivity contribution in [2.24, 2.45) is 0 Å². The fourth-order valence-electron chi connectivity index (χ4n) is 2.92. The summed E-state index contributed by atoms with van der Waals surface area (Å²) in [4.78, 5) is 0. The Balaban J connectivity index is 2.12. The Kier molecular flexibility index (Phi) is 1.72. The summed E-state index contributed by atoms with van der Waals surface area (Å²) in [5.74, 6) is 0. The lowest BCUT2D eigenvalue weighted by molar-refractivity contribution is 0.219. The molecule has 0 unspecified atom stereocenters. The third kappa shape index (κ3) is 1.05. The Hall–Kier alpha value is -0.820. The van der Waals surface area contributed by atoms with Crippen LogP contribution in [0.15, 0.2) is 18.2 Å². The summed E-state index contributed by atoms with van der Waals surface area (Å²) in [6, 6.07) is 6.95. The summed E-state index contributed by atoms with van der Waals surface area (Å²) >= 11 is 0. The van der Waals surface area contributed by atoms with Gasteiger partial charge in [0, 0.05) is 18.5 Å². The smallest absolute Gasteiger partial charge is 0.0208 e. The van der Waals surface area contributed by atoms with Crippen LogP contribution in [0.4, 0.5) is 0 Å². The lowest BCUT2D eigenvalue weighted by atomic mass is 9.62. The van der Waals surface area contributed by atoms with Crippen molar-refractivity contribution in [2.45, 2.75) is 38.1 Å². The van der Waals surface area contributed by atoms with Gasteiger partial charge >= 0.3 is 0 Å². The highest BCUT2D eigenvalue weighted by atomic mass is 14.9. The number of nitrogens with one attached hydrogen (secondary N) is 1. The number of rotatable bonds is 0. The van der Waals surface area contributed by atoms with Crippen LogP contribution in [-0.4, -0.2) is 6.54 Å². The fraction of sp³-hybridized carbons (Fsp3) is 0.538. The first-order chi connectivity index (χ1) is 6.80. The van der Waals surface area contributed by atoms with Gasteiger partial charge in [-0.2, -0.15) is 0 Å². The molecular weight excluding hydrogens is 170 g/mol. The summed E-state index contributed by atoms with van der Waals surface area (Å²) < 4.78 is 0. The highest BCUT2D eigenvalue weighted by Crippen LogP contribution is 2.46. The van der Waals surface area contributed by atoms with E-state index in [1.165, 1.54) is 36.9 Å². The fourth-order valence-corrected chi connectivity index (χ4v) is 2.92. The van der Waals surface area contributed by atoms with E-state index in [1.807, 2.05) is 0 Å². The van der Waals surface area contributed by atoms with Gasteiger partial charge in [-0.3, -0.25) is 0 Å². The van der Waals surface area contributed by atoms with Crippen molar-refractivity contribution < 1.29 is 0 Å². The van der Waals surface area contributed by atoms with Gasteiger partial charge < -0.3 is 5.32 Å². The Labute approximate surface area is 85.5 Å². The van der Waals surface area contributed by atoms with Crippen molar-refractivity contribution in [2.75, 3.05) is 6.54 Å². The summed E-state index contributed by atoms with van der Waals surface area (Å²) in [6.45, 7) is 4.47. The van der Waals surface area contributed by atoms with Gasteiger partial charge in [0.25, 0.3) is 0 Å². The molecule has 1 aliphatic carbocycles. The van der Waals surface area contributed by atoms with Crippen LogP contribution in [0.5, 0.6) is 0 Å². The molecule has 0 radical (unpaired) electrons. The van der Waals surface area contributed by atoms with Crippen LogP contribution in [0.2, 0.25) is 0 Å². The second-order valence-corrected chi connectivity index (χ2v) is 4.90. The lowest BCUT2D eigenvalue weighted by Gasteiger charge is -2.46. The second-order valence-electron chi connectivity index (χ2n) is 4.90. The van der Waals surface area contributed by atoms with Crippen molar-refractivity contribution in [3.05, 3.63) is 34.9 Å². The minimum Gasteiger partial charge on any atom is -0.312 e. The average molecular weight is 187 g/mol. The van der Waals surface area contributed by atoms with Crippen LogP contribution in [0, 0.1) is 6.92 Å². The van der Waals surface area contributed by atoms with E-state index in [9.17, 15) is 0 Å². The molecule has 1 heterocycles. The lowest BCUT2D eigenvalue weighted by Crippen LogP contribution is -2.47. The van der Waals surface area contributed by atoms with Crippen molar-refractivity contribution in [3.8, 4) is 0 Å². The molecule has 0 aromatic heterocycles. The highest BCUT2D eigenvalue weighted by Gasteiger charge is 2.41. The van der Waals surface area contributed by atoms with Crippen LogP contribution >= 0.6 is 0 Å². The van der Waals surface area contributed by atoms with E-state index in [0.29, 0.717) is 5.41 Å². The van der Waals surface area contributed by atoms with Crippen LogP contribution in [-0.2, 0) is 12.0 Å². The number of benzene rings is 1. The molecule has 1 nitrogen and oxygen atoms in total. The average Bonchev–Trinajstić information content (AvgIpc) is 2.14. The maximum absolute atomic E-state index is 3.55. The molecule has 74 valence electrons. The topological polar surface area (TPSA) is 12.0 Å². The highest BCUT2D eigenvalue weighted by molar-refractivity contribution is 5.41. The third-order valence-corrected chi connectivity index (χ3v) is 3.93. The molecule has 2 aliphatic rings. The Bertz CT molecular complexity index is 363. The van der Waals surface area contributed by atoms with Crippen molar-refractivity contribution in [3.63, 3.8) is 0 Å². The number of fused-ring (bicyclic) bond motifs is 2. The summed E-state index contributed by atoms with van der Waals surface area (Å²) in [7, 11) is 0. The molecule has 0 saturated heterocycles. The van der Waals surface area contributed by atoms with Gasteiger partial charge in [-0.1, -0.05) is 30.2 Å². The molecule has 3 rings (SSSR count). The maximum Gasteiger partial charge on any atom is 0.0208 e. The molecule has 1 saturated carbocycles. The van der Waals surface area contributed by atoms with E-state index in [-0.39, 0.29) is 0 Å². The first-order valence-electron chi connectivity index (χ1n) is 5.61. The molecule has 1 aromatic carbocycles. The number of hydrogen-bond acceptors (Lipinski definition) is 1. The SMILES string of the molecule is Cc1ccc2c(c1)C1(CCC1)CNC2. The molecule has 1 fully saturated rings. The van der Waals surface area contributed by atoms with Crippen LogP contribution in [0.25, 0.3) is 0 Å². The van der Waals surface area contributed by atoms with E-state index in [0.717, 1.165) is 6.54 Å². The summed E-state index contributed by atoms with van der Waals surface area (Å²) in [6.07, 6.45) is 4.18. The molecule has 1 heteroatoms. The monoisotopic (exact) mass is 187 g/mol. The zero-order valence-corrected chi connectivity index (χ0v) is 8.77. The first-order valence-corrected chi connectivity index (χ1v) is 5.61. The summed E-state index contributed by atoms with van der Waals surface area (Å²) in [5.41, 5.74) is 5.10. The molecule has 1 aliphatic heterocycles. The van der Waals surface area contributed by atoms with E-state index in [2.05, 4.69) is 30.4 Å². The summed E-state index contributed by atoms with van der Waals surface area (Å²) in [5, 5.41) is 3.55. The molecule has 1 N–H and O–H groups in total. The van der Waals surface area contributed by atoms with E-state index < -0.39 is 0 Å². The predicted molar refractivity (Wildman–Crippen MR) is 58.4 cm³/mol. The second kappa shape index (κ2) is 2.83. The van der Waals surface area contributed by atoms with Crippen molar-refractivity contribution >= 4 is 0 Å². The molecule has 14 heavy (non-hydrogen) atoms. The quantitative estimate of drug-likeness (QED) is 0.658. The van der Waals surface area contributed by atoms with E-state index in [4.69, 9.17) is 0 Å². The van der Waals surface area contributed by atoms with E-state index >= 15 is 0 Å². The van der Waals surface area contributed by atoms with Gasteiger partial charge in [-0.15, -0.1) is 0 Å². The van der Waals surface area contributed by atoms with E-state index in [1.54, 1.807) is 5.56 Å². The minimum atomic E-state index is 0.513. The minimum absolute atomic E-state index is 0.513. The number of aryl methyl sites for hydroxylation is 1. The largest absolute Gasteiger partial charge is 0.312 e. The van der Waals surface area contributed by atoms with Crippen molar-refractivity contribution in [1.82, 2.24) is 5.32 Å². The molecule has 0 atom stereocenters. The predicted octanol–water partition coefficient (Wildman–Crippen LogP) is 2.52. The van der Waals surface area contributed by atoms with Gasteiger partial charge in [0.05, 0.1) is 0 Å². The zero-order chi connectivity index (χ0) is 9.60. The van der Waals surface area contributed by atoms with Gasteiger partial charge in [0.15, 0.2) is 0 Å². The molecule has 1 spiro atoms.